The van der Waals surface area contributed by atoms with Crippen LogP contribution in [0.4, 0.5) is 0 Å². The standard InChI is InChI=1S/C23H38O4/c1-22(2,3)13-10-8-11-17-15-18(24)16-20(25)19(17)12-7-6-9-14-23(4,5)21(26)27/h15-16,24-25H,6-14H2,1-5H3,(H,26,27). The first kappa shape index (κ1) is 23.3. The van der Waals surface area contributed by atoms with Gasteiger partial charge in [0.15, 0.2) is 0 Å². The highest BCUT2D eigenvalue weighted by Crippen LogP contribution is 2.31. The smallest absolute Gasteiger partial charge is 0.309 e. The molecule has 0 aliphatic heterocycles. The predicted molar refractivity (Wildman–Crippen MR) is 110 cm³/mol. The summed E-state index contributed by atoms with van der Waals surface area (Å²) in [5.41, 5.74) is 1.61. The molecule has 1 rings (SSSR count). The second-order valence-electron chi connectivity index (χ2n) is 9.62. The van der Waals surface area contributed by atoms with E-state index >= 15 is 0 Å². The van der Waals surface area contributed by atoms with Crippen LogP contribution in [0.25, 0.3) is 0 Å². The first-order chi connectivity index (χ1) is 12.4. The van der Waals surface area contributed by atoms with Crippen molar-refractivity contribution < 1.29 is 20.1 Å². The van der Waals surface area contributed by atoms with Crippen LogP contribution in [-0.2, 0) is 17.6 Å². The van der Waals surface area contributed by atoms with E-state index in [2.05, 4.69) is 20.8 Å². The number of hydrogen-bond acceptors (Lipinski definition) is 3. The fourth-order valence-electron chi connectivity index (χ4n) is 3.33. The molecule has 27 heavy (non-hydrogen) atoms. The number of phenols is 2. The molecule has 0 fully saturated rings. The zero-order valence-electron chi connectivity index (χ0n) is 17.8. The summed E-state index contributed by atoms with van der Waals surface area (Å²) in [7, 11) is 0. The molecule has 0 saturated carbocycles. The minimum absolute atomic E-state index is 0.116. The summed E-state index contributed by atoms with van der Waals surface area (Å²) < 4.78 is 0. The number of carboxylic acids is 1. The Labute approximate surface area is 164 Å². The molecule has 154 valence electrons. The topological polar surface area (TPSA) is 77.8 Å². The summed E-state index contributed by atoms with van der Waals surface area (Å²) in [4.78, 5) is 11.2. The van der Waals surface area contributed by atoms with E-state index < -0.39 is 11.4 Å². The Morgan fingerprint density at radius 2 is 1.44 bits per heavy atom. The fraction of sp³-hybridized carbons (Fsp3) is 0.696. The van der Waals surface area contributed by atoms with E-state index in [1.807, 2.05) is 0 Å². The normalized spacial score (nSPS) is 12.3. The van der Waals surface area contributed by atoms with Crippen molar-refractivity contribution in [1.29, 1.82) is 0 Å². The second-order valence-corrected chi connectivity index (χ2v) is 9.62. The van der Waals surface area contributed by atoms with Gasteiger partial charge in [-0.1, -0.05) is 40.0 Å². The van der Waals surface area contributed by atoms with Crippen molar-refractivity contribution in [2.75, 3.05) is 0 Å². The quantitative estimate of drug-likeness (QED) is 0.408. The molecule has 1 aromatic rings. The number of aromatic hydroxyl groups is 2. The molecule has 4 nitrogen and oxygen atoms in total. The lowest BCUT2D eigenvalue weighted by Gasteiger charge is -2.19. The Morgan fingerprint density at radius 1 is 0.852 bits per heavy atom. The summed E-state index contributed by atoms with van der Waals surface area (Å²) in [5, 5.41) is 29.3. The number of phenolic OH excluding ortho intramolecular Hbond substituents is 2. The molecule has 1 aromatic carbocycles. The summed E-state index contributed by atoms with van der Waals surface area (Å²) in [6.07, 6.45) is 8.30. The molecular weight excluding hydrogens is 340 g/mol. The highest BCUT2D eigenvalue weighted by Gasteiger charge is 2.26. The number of aryl methyl sites for hydroxylation is 1. The number of carboxylic acid groups (broad SMARTS) is 1. The first-order valence-corrected chi connectivity index (χ1v) is 10.2. The maximum absolute atomic E-state index is 11.2. The Bertz CT molecular complexity index is 612. The van der Waals surface area contributed by atoms with Gasteiger partial charge in [0, 0.05) is 6.07 Å². The van der Waals surface area contributed by atoms with Gasteiger partial charge >= 0.3 is 5.97 Å². The van der Waals surface area contributed by atoms with E-state index in [-0.39, 0.29) is 11.5 Å². The van der Waals surface area contributed by atoms with Crippen molar-refractivity contribution >= 4 is 5.97 Å². The van der Waals surface area contributed by atoms with Gasteiger partial charge < -0.3 is 15.3 Å². The third kappa shape index (κ3) is 8.68. The van der Waals surface area contributed by atoms with Crippen molar-refractivity contribution in [3.05, 3.63) is 23.3 Å². The van der Waals surface area contributed by atoms with Crippen LogP contribution in [0.15, 0.2) is 12.1 Å². The van der Waals surface area contributed by atoms with Crippen LogP contribution >= 0.6 is 0 Å². The zero-order valence-corrected chi connectivity index (χ0v) is 17.8. The summed E-state index contributed by atoms with van der Waals surface area (Å²) >= 11 is 0. The van der Waals surface area contributed by atoms with Gasteiger partial charge in [0.1, 0.15) is 11.5 Å². The number of rotatable bonds is 11. The van der Waals surface area contributed by atoms with E-state index in [1.54, 1.807) is 19.9 Å². The van der Waals surface area contributed by atoms with Crippen molar-refractivity contribution in [2.24, 2.45) is 10.8 Å². The molecule has 0 aromatic heterocycles. The molecule has 0 unspecified atom stereocenters. The number of hydrogen-bond donors (Lipinski definition) is 3. The lowest BCUT2D eigenvalue weighted by atomic mass is 9.86. The van der Waals surface area contributed by atoms with Gasteiger partial charge in [0.2, 0.25) is 0 Å². The molecule has 0 saturated heterocycles. The minimum atomic E-state index is -0.753. The van der Waals surface area contributed by atoms with Gasteiger partial charge in [0.25, 0.3) is 0 Å². The summed E-state index contributed by atoms with van der Waals surface area (Å²) in [5.74, 6) is -0.465. The number of unbranched alkanes of at least 4 members (excludes halogenated alkanes) is 3. The molecule has 0 radical (unpaired) electrons. The van der Waals surface area contributed by atoms with Crippen LogP contribution < -0.4 is 0 Å². The Morgan fingerprint density at radius 3 is 2.04 bits per heavy atom. The third-order valence-electron chi connectivity index (χ3n) is 5.23. The molecule has 0 bridgehead atoms. The molecule has 0 amide bonds. The van der Waals surface area contributed by atoms with Gasteiger partial charge in [-0.15, -0.1) is 0 Å². The van der Waals surface area contributed by atoms with Gasteiger partial charge in [-0.2, -0.15) is 0 Å². The van der Waals surface area contributed by atoms with E-state index in [1.165, 1.54) is 6.07 Å². The highest BCUT2D eigenvalue weighted by atomic mass is 16.4. The van der Waals surface area contributed by atoms with Gasteiger partial charge in [-0.3, -0.25) is 4.79 Å². The molecular formula is C23H38O4. The van der Waals surface area contributed by atoms with E-state index in [4.69, 9.17) is 0 Å². The molecule has 0 heterocycles. The van der Waals surface area contributed by atoms with Crippen LogP contribution in [0.5, 0.6) is 11.5 Å². The minimum Gasteiger partial charge on any atom is -0.508 e. The summed E-state index contributed by atoms with van der Waals surface area (Å²) in [6, 6.07) is 3.20. The van der Waals surface area contributed by atoms with Crippen LogP contribution in [0.3, 0.4) is 0 Å². The van der Waals surface area contributed by atoms with Gasteiger partial charge in [0.05, 0.1) is 5.41 Å². The zero-order chi connectivity index (χ0) is 20.7. The van der Waals surface area contributed by atoms with Gasteiger partial charge in [-0.05, 0) is 75.0 Å². The SMILES string of the molecule is CC(C)(C)CCCCc1cc(O)cc(O)c1CCCCCC(C)(C)C(=O)O. The van der Waals surface area contributed by atoms with Crippen molar-refractivity contribution in [3.8, 4) is 11.5 Å². The average molecular weight is 379 g/mol. The molecule has 4 heteroatoms. The molecule has 0 aliphatic carbocycles. The molecule has 3 N–H and O–H groups in total. The lowest BCUT2D eigenvalue weighted by molar-refractivity contribution is -0.147. The average Bonchev–Trinajstić information content (AvgIpc) is 2.52. The van der Waals surface area contributed by atoms with E-state index in [0.29, 0.717) is 11.8 Å². The Hall–Kier alpha value is -1.71. The number of benzene rings is 1. The molecule has 0 spiro atoms. The Balaban J connectivity index is 2.57. The van der Waals surface area contributed by atoms with E-state index in [0.717, 1.165) is 62.5 Å². The van der Waals surface area contributed by atoms with Crippen LogP contribution in [-0.4, -0.2) is 21.3 Å². The first-order valence-electron chi connectivity index (χ1n) is 10.2. The van der Waals surface area contributed by atoms with Gasteiger partial charge in [-0.25, -0.2) is 0 Å². The highest BCUT2D eigenvalue weighted by molar-refractivity contribution is 5.73. The predicted octanol–water partition coefficient (Wildman–Crippen LogP) is 6.07. The maximum atomic E-state index is 11.2. The molecule has 0 aliphatic rings. The summed E-state index contributed by atoms with van der Waals surface area (Å²) in [6.45, 7) is 10.2. The van der Waals surface area contributed by atoms with E-state index in [9.17, 15) is 20.1 Å². The second kappa shape index (κ2) is 10.0. The number of carbonyl (C=O) groups is 1. The van der Waals surface area contributed by atoms with Crippen LogP contribution in [0.1, 0.15) is 90.7 Å². The van der Waals surface area contributed by atoms with Crippen LogP contribution in [0, 0.1) is 10.8 Å². The van der Waals surface area contributed by atoms with Crippen molar-refractivity contribution in [3.63, 3.8) is 0 Å². The number of aliphatic carboxylic acids is 1. The Kier molecular flexibility index (Phi) is 8.64. The van der Waals surface area contributed by atoms with Crippen molar-refractivity contribution in [1.82, 2.24) is 0 Å². The maximum Gasteiger partial charge on any atom is 0.309 e. The lowest BCUT2D eigenvalue weighted by Crippen LogP contribution is -2.23. The van der Waals surface area contributed by atoms with Crippen LogP contribution in [0.2, 0.25) is 0 Å². The molecule has 0 atom stereocenters. The monoisotopic (exact) mass is 378 g/mol. The third-order valence-corrected chi connectivity index (χ3v) is 5.23. The fourth-order valence-corrected chi connectivity index (χ4v) is 3.33. The largest absolute Gasteiger partial charge is 0.508 e. The van der Waals surface area contributed by atoms with Crippen molar-refractivity contribution in [2.45, 2.75) is 92.4 Å².